The number of likely N-dealkylation sites (tertiary alicyclic amines) is 1. The minimum absolute atomic E-state index is 0.0939. The van der Waals surface area contributed by atoms with Crippen molar-refractivity contribution in [3.63, 3.8) is 0 Å². The highest BCUT2D eigenvalue weighted by atomic mass is 32.1. The summed E-state index contributed by atoms with van der Waals surface area (Å²) in [5.74, 6) is 1.57. The standard InChI is InChI=1S/C19H24N6OS/c1-3-25-14(2)17(10-22-25)19(26)23-7-4-15(5-8-23)18-20-6-9-24(18)11-16-12-27-13-21-16/h6,9-10,12-13,15H,3-5,7-8,11H2,1-2H3. The predicted molar refractivity (Wildman–Crippen MR) is 104 cm³/mol. The van der Waals surface area contributed by atoms with Gasteiger partial charge in [0.15, 0.2) is 0 Å². The van der Waals surface area contributed by atoms with Crippen molar-refractivity contribution in [2.24, 2.45) is 0 Å². The van der Waals surface area contributed by atoms with Crippen LogP contribution in [0.15, 0.2) is 29.5 Å². The Hall–Kier alpha value is -2.48. The van der Waals surface area contributed by atoms with Crippen molar-refractivity contribution in [3.8, 4) is 0 Å². The van der Waals surface area contributed by atoms with Gasteiger partial charge in [0, 0.05) is 49.0 Å². The lowest BCUT2D eigenvalue weighted by Gasteiger charge is -2.32. The van der Waals surface area contributed by atoms with Gasteiger partial charge in [-0.1, -0.05) is 0 Å². The number of hydrogen-bond donors (Lipinski definition) is 0. The Morgan fingerprint density at radius 2 is 2.11 bits per heavy atom. The molecule has 0 radical (unpaired) electrons. The molecular weight excluding hydrogens is 360 g/mol. The van der Waals surface area contributed by atoms with E-state index in [0.29, 0.717) is 5.92 Å². The van der Waals surface area contributed by atoms with Crippen molar-refractivity contribution in [1.29, 1.82) is 0 Å². The Balaban J connectivity index is 1.41. The molecule has 0 aromatic carbocycles. The molecule has 27 heavy (non-hydrogen) atoms. The molecule has 3 aromatic heterocycles. The number of carbonyl (C=O) groups excluding carboxylic acids is 1. The quantitative estimate of drug-likeness (QED) is 0.678. The number of carbonyl (C=O) groups is 1. The number of aromatic nitrogens is 5. The molecule has 1 aliphatic rings. The van der Waals surface area contributed by atoms with Crippen LogP contribution < -0.4 is 0 Å². The molecule has 3 aromatic rings. The van der Waals surface area contributed by atoms with Crippen LogP contribution in [0.25, 0.3) is 0 Å². The van der Waals surface area contributed by atoms with Gasteiger partial charge in [0.2, 0.25) is 0 Å². The van der Waals surface area contributed by atoms with E-state index >= 15 is 0 Å². The van der Waals surface area contributed by atoms with Gasteiger partial charge in [0.1, 0.15) is 5.82 Å². The molecule has 1 amide bonds. The topological polar surface area (TPSA) is 68.8 Å². The van der Waals surface area contributed by atoms with Crippen LogP contribution in [0, 0.1) is 6.92 Å². The number of thiazole rings is 1. The molecule has 0 saturated carbocycles. The fourth-order valence-electron chi connectivity index (χ4n) is 3.79. The molecule has 7 nitrogen and oxygen atoms in total. The van der Waals surface area contributed by atoms with Gasteiger partial charge in [-0.15, -0.1) is 11.3 Å². The van der Waals surface area contributed by atoms with Gasteiger partial charge in [-0.05, 0) is 26.7 Å². The Kier molecular flexibility index (Phi) is 5.07. The van der Waals surface area contributed by atoms with Crippen LogP contribution in [-0.4, -0.2) is 48.2 Å². The number of imidazole rings is 1. The van der Waals surface area contributed by atoms with Gasteiger partial charge >= 0.3 is 0 Å². The number of nitrogens with zero attached hydrogens (tertiary/aromatic N) is 6. The van der Waals surface area contributed by atoms with E-state index in [9.17, 15) is 4.79 Å². The SMILES string of the molecule is CCn1ncc(C(=O)N2CCC(c3nccn3Cc3cscn3)CC2)c1C. The predicted octanol–water partition coefficient (Wildman–Crippen LogP) is 2.93. The van der Waals surface area contributed by atoms with E-state index in [1.54, 1.807) is 17.5 Å². The van der Waals surface area contributed by atoms with Gasteiger partial charge in [-0.25, -0.2) is 9.97 Å². The summed E-state index contributed by atoms with van der Waals surface area (Å²) in [5.41, 5.74) is 4.60. The summed E-state index contributed by atoms with van der Waals surface area (Å²) in [7, 11) is 0. The zero-order valence-corrected chi connectivity index (χ0v) is 16.5. The number of amides is 1. The van der Waals surface area contributed by atoms with Gasteiger partial charge in [-0.3, -0.25) is 9.48 Å². The zero-order chi connectivity index (χ0) is 18.8. The number of piperidine rings is 1. The van der Waals surface area contributed by atoms with E-state index in [4.69, 9.17) is 0 Å². The van der Waals surface area contributed by atoms with Gasteiger partial charge in [0.05, 0.1) is 29.5 Å². The highest BCUT2D eigenvalue weighted by Crippen LogP contribution is 2.28. The molecule has 0 spiro atoms. The zero-order valence-electron chi connectivity index (χ0n) is 15.7. The first kappa shape index (κ1) is 17.9. The molecule has 1 saturated heterocycles. The van der Waals surface area contributed by atoms with Gasteiger partial charge in [0.25, 0.3) is 5.91 Å². The Bertz CT molecular complexity index is 905. The van der Waals surface area contributed by atoms with Crippen LogP contribution in [0.2, 0.25) is 0 Å². The first-order valence-electron chi connectivity index (χ1n) is 9.37. The summed E-state index contributed by atoms with van der Waals surface area (Å²) >= 11 is 1.61. The molecule has 0 bridgehead atoms. The monoisotopic (exact) mass is 384 g/mol. The van der Waals surface area contributed by atoms with E-state index in [-0.39, 0.29) is 5.91 Å². The summed E-state index contributed by atoms with van der Waals surface area (Å²) < 4.78 is 4.06. The molecule has 0 N–H and O–H groups in total. The molecule has 1 fully saturated rings. The van der Waals surface area contributed by atoms with E-state index in [1.807, 2.05) is 41.3 Å². The third-order valence-corrected chi connectivity index (χ3v) is 5.98. The van der Waals surface area contributed by atoms with Gasteiger partial charge < -0.3 is 9.47 Å². The maximum Gasteiger partial charge on any atom is 0.257 e. The smallest absolute Gasteiger partial charge is 0.257 e. The Labute approximate surface area is 162 Å². The van der Waals surface area contributed by atoms with E-state index in [0.717, 1.165) is 61.8 Å². The molecule has 0 atom stereocenters. The Morgan fingerprint density at radius 3 is 2.78 bits per heavy atom. The highest BCUT2D eigenvalue weighted by Gasteiger charge is 2.28. The van der Waals surface area contributed by atoms with Crippen molar-refractivity contribution in [2.45, 2.75) is 45.7 Å². The van der Waals surface area contributed by atoms with Crippen LogP contribution in [0.3, 0.4) is 0 Å². The lowest BCUT2D eigenvalue weighted by atomic mass is 9.95. The summed E-state index contributed by atoms with van der Waals surface area (Å²) in [5, 5.41) is 6.38. The van der Waals surface area contributed by atoms with Crippen molar-refractivity contribution in [2.75, 3.05) is 13.1 Å². The average molecular weight is 385 g/mol. The van der Waals surface area contributed by atoms with Crippen LogP contribution in [-0.2, 0) is 13.1 Å². The van der Waals surface area contributed by atoms with E-state index < -0.39 is 0 Å². The molecule has 1 aliphatic heterocycles. The molecule has 4 rings (SSSR count). The number of hydrogen-bond acceptors (Lipinski definition) is 5. The normalized spacial score (nSPS) is 15.4. The first-order valence-corrected chi connectivity index (χ1v) is 10.3. The number of rotatable bonds is 5. The van der Waals surface area contributed by atoms with Crippen LogP contribution in [0.5, 0.6) is 0 Å². The molecule has 8 heteroatoms. The fourth-order valence-corrected chi connectivity index (χ4v) is 4.34. The minimum atomic E-state index is 0.0939. The fraction of sp³-hybridized carbons (Fsp3) is 0.474. The largest absolute Gasteiger partial charge is 0.338 e. The second-order valence-corrected chi connectivity index (χ2v) is 7.64. The molecule has 4 heterocycles. The summed E-state index contributed by atoms with van der Waals surface area (Å²) in [6.07, 6.45) is 7.45. The number of aryl methyl sites for hydroxylation is 1. The maximum atomic E-state index is 12.9. The first-order chi connectivity index (χ1) is 13.2. The summed E-state index contributed by atoms with van der Waals surface area (Å²) in [6, 6.07) is 0. The van der Waals surface area contributed by atoms with Crippen molar-refractivity contribution < 1.29 is 4.79 Å². The van der Waals surface area contributed by atoms with Crippen LogP contribution in [0.1, 0.15) is 53.3 Å². The van der Waals surface area contributed by atoms with Crippen LogP contribution >= 0.6 is 11.3 Å². The summed E-state index contributed by atoms with van der Waals surface area (Å²) in [4.78, 5) is 23.8. The summed E-state index contributed by atoms with van der Waals surface area (Å²) in [6.45, 7) is 7.04. The van der Waals surface area contributed by atoms with Crippen molar-refractivity contribution in [1.82, 2.24) is 29.2 Å². The third kappa shape index (κ3) is 3.53. The average Bonchev–Trinajstić information content (AvgIpc) is 3.43. The second kappa shape index (κ2) is 7.64. The van der Waals surface area contributed by atoms with Gasteiger partial charge in [-0.2, -0.15) is 5.10 Å². The Morgan fingerprint density at radius 1 is 1.30 bits per heavy atom. The third-order valence-electron chi connectivity index (χ3n) is 5.34. The maximum absolute atomic E-state index is 12.9. The lowest BCUT2D eigenvalue weighted by molar-refractivity contribution is 0.0709. The van der Waals surface area contributed by atoms with E-state index in [1.165, 1.54) is 0 Å². The van der Waals surface area contributed by atoms with Crippen LogP contribution in [0.4, 0.5) is 0 Å². The van der Waals surface area contributed by atoms with Crippen molar-refractivity contribution >= 4 is 17.2 Å². The molecule has 0 aliphatic carbocycles. The van der Waals surface area contributed by atoms with Crippen molar-refractivity contribution in [3.05, 3.63) is 52.3 Å². The second-order valence-electron chi connectivity index (χ2n) is 6.92. The highest BCUT2D eigenvalue weighted by molar-refractivity contribution is 7.07. The minimum Gasteiger partial charge on any atom is -0.338 e. The molecular formula is C19H24N6OS. The molecule has 0 unspecified atom stereocenters. The van der Waals surface area contributed by atoms with E-state index in [2.05, 4.69) is 25.0 Å². The molecule has 142 valence electrons. The lowest BCUT2D eigenvalue weighted by Crippen LogP contribution is -2.38.